The molecule has 1 fully saturated rings. The molecule has 4 rings (SSSR count). The van der Waals surface area contributed by atoms with Crippen LogP contribution in [0.25, 0.3) is 0 Å². The van der Waals surface area contributed by atoms with E-state index in [0.717, 1.165) is 54.1 Å². The van der Waals surface area contributed by atoms with Crippen molar-refractivity contribution in [1.82, 2.24) is 20.1 Å². The van der Waals surface area contributed by atoms with Crippen LogP contribution >= 0.6 is 0 Å². The highest BCUT2D eigenvalue weighted by molar-refractivity contribution is 5.97. The van der Waals surface area contributed by atoms with E-state index in [0.29, 0.717) is 29.5 Å². The number of likely N-dealkylation sites (tertiary alicyclic amines) is 1. The highest BCUT2D eigenvalue weighted by Crippen LogP contribution is 2.43. The summed E-state index contributed by atoms with van der Waals surface area (Å²) < 4.78 is 11.9. The number of rotatable bonds is 6. The molecule has 34 heavy (non-hydrogen) atoms. The highest BCUT2D eigenvalue weighted by atomic mass is 16.7. The van der Waals surface area contributed by atoms with Crippen LogP contribution in [0.4, 0.5) is 0 Å². The third kappa shape index (κ3) is 4.98. The number of hydrogen-bond acceptors (Lipinski definition) is 6. The molecule has 0 radical (unpaired) electrons. The maximum absolute atomic E-state index is 13.2. The number of amides is 1. The quantitative estimate of drug-likeness (QED) is 0.678. The molecule has 1 saturated heterocycles. The van der Waals surface area contributed by atoms with Gasteiger partial charge in [0.05, 0.1) is 0 Å². The molecule has 2 aliphatic rings. The lowest BCUT2D eigenvalue weighted by Gasteiger charge is -2.35. The Kier molecular flexibility index (Phi) is 7.00. The van der Waals surface area contributed by atoms with Crippen molar-refractivity contribution in [3.05, 3.63) is 56.0 Å². The molecule has 2 aliphatic heterocycles. The lowest BCUT2D eigenvalue weighted by atomic mass is 9.99. The Morgan fingerprint density at radius 1 is 1.15 bits per heavy atom. The van der Waals surface area contributed by atoms with Crippen LogP contribution in [0.15, 0.2) is 16.9 Å². The summed E-state index contributed by atoms with van der Waals surface area (Å²) in [4.78, 5) is 33.1. The minimum absolute atomic E-state index is 0.165. The van der Waals surface area contributed by atoms with Crippen LogP contribution in [0.2, 0.25) is 0 Å². The van der Waals surface area contributed by atoms with E-state index in [9.17, 15) is 9.59 Å². The molecule has 1 unspecified atom stereocenters. The monoisotopic (exact) mass is 468 g/mol. The zero-order valence-electron chi connectivity index (χ0n) is 21.1. The molecule has 2 aromatic rings. The van der Waals surface area contributed by atoms with Gasteiger partial charge in [0.15, 0.2) is 11.5 Å². The zero-order chi connectivity index (χ0) is 24.6. The minimum Gasteiger partial charge on any atom is -0.451 e. The van der Waals surface area contributed by atoms with Crippen molar-refractivity contribution in [3.8, 4) is 11.5 Å². The maximum Gasteiger partial charge on any atom is 0.253 e. The van der Waals surface area contributed by atoms with E-state index in [-0.39, 0.29) is 24.3 Å². The van der Waals surface area contributed by atoms with Crippen LogP contribution in [-0.2, 0) is 13.1 Å². The van der Waals surface area contributed by atoms with Crippen molar-refractivity contribution in [2.45, 2.75) is 66.0 Å². The molecule has 8 heteroatoms. The fraction of sp³-hybridized carbons (Fsp3) is 0.538. The number of pyridine rings is 1. The molecule has 3 heterocycles. The van der Waals surface area contributed by atoms with Crippen molar-refractivity contribution in [3.63, 3.8) is 0 Å². The zero-order valence-corrected chi connectivity index (χ0v) is 21.1. The van der Waals surface area contributed by atoms with Crippen molar-refractivity contribution in [1.29, 1.82) is 0 Å². The van der Waals surface area contributed by atoms with Gasteiger partial charge in [-0.15, -0.1) is 0 Å². The van der Waals surface area contributed by atoms with E-state index in [4.69, 9.17) is 9.47 Å². The Hall–Kier alpha value is -2.84. The molecule has 1 aromatic heterocycles. The van der Waals surface area contributed by atoms with Gasteiger partial charge in [0, 0.05) is 54.0 Å². The first-order valence-corrected chi connectivity index (χ1v) is 12.0. The number of nitrogens with zero attached hydrogens (tertiary/aromatic N) is 2. The number of aromatic nitrogens is 1. The van der Waals surface area contributed by atoms with Crippen LogP contribution in [0.5, 0.6) is 11.5 Å². The Labute approximate surface area is 201 Å². The van der Waals surface area contributed by atoms with Gasteiger partial charge < -0.3 is 24.7 Å². The van der Waals surface area contributed by atoms with Crippen LogP contribution in [0, 0.1) is 20.8 Å². The Bertz CT molecular complexity index is 1130. The molecular formula is C26H36N4O4. The number of fused-ring (bicyclic) bond motifs is 1. The van der Waals surface area contributed by atoms with Crippen molar-refractivity contribution in [2.24, 2.45) is 0 Å². The summed E-state index contributed by atoms with van der Waals surface area (Å²) in [6.07, 6.45) is 1.85. The predicted octanol–water partition coefficient (Wildman–Crippen LogP) is 2.87. The van der Waals surface area contributed by atoms with Gasteiger partial charge in [-0.05, 0) is 78.5 Å². The van der Waals surface area contributed by atoms with Crippen molar-refractivity contribution in [2.75, 3.05) is 27.2 Å². The van der Waals surface area contributed by atoms with Gasteiger partial charge in [0.2, 0.25) is 6.29 Å². The number of ether oxygens (including phenoxy) is 2. The van der Waals surface area contributed by atoms with Crippen LogP contribution in [-0.4, -0.2) is 60.2 Å². The topological polar surface area (TPSA) is 86.9 Å². The molecule has 0 spiro atoms. The number of benzene rings is 1. The lowest BCUT2D eigenvalue weighted by Crippen LogP contribution is -2.41. The number of hydrogen-bond donors (Lipinski definition) is 2. The third-order valence-corrected chi connectivity index (χ3v) is 6.97. The Balaban J connectivity index is 1.55. The predicted molar refractivity (Wildman–Crippen MR) is 132 cm³/mol. The second-order valence-corrected chi connectivity index (χ2v) is 9.77. The molecule has 0 saturated carbocycles. The van der Waals surface area contributed by atoms with E-state index in [1.807, 2.05) is 39.8 Å². The SMILES string of the molecule is Cc1cc(C)c(CNC(=O)c2cc(CN3CCC(N(C)C)CC3)c3c(c2C)OC(C)O3)c(=O)[nH]1. The van der Waals surface area contributed by atoms with E-state index in [1.54, 1.807) is 0 Å². The Morgan fingerprint density at radius 3 is 2.47 bits per heavy atom. The normalized spacial score (nSPS) is 18.5. The first kappa shape index (κ1) is 24.3. The summed E-state index contributed by atoms with van der Waals surface area (Å²) in [7, 11) is 4.27. The fourth-order valence-electron chi connectivity index (χ4n) is 4.97. The van der Waals surface area contributed by atoms with E-state index < -0.39 is 0 Å². The first-order valence-electron chi connectivity index (χ1n) is 12.0. The number of carbonyl (C=O) groups is 1. The van der Waals surface area contributed by atoms with E-state index in [1.165, 1.54) is 0 Å². The average molecular weight is 469 g/mol. The molecule has 0 aliphatic carbocycles. The minimum atomic E-state index is -0.390. The second-order valence-electron chi connectivity index (χ2n) is 9.77. The van der Waals surface area contributed by atoms with E-state index in [2.05, 4.69) is 34.2 Å². The van der Waals surface area contributed by atoms with Gasteiger partial charge in [-0.1, -0.05) is 0 Å². The van der Waals surface area contributed by atoms with Gasteiger partial charge in [-0.3, -0.25) is 14.5 Å². The number of H-pyrrole nitrogens is 1. The van der Waals surface area contributed by atoms with Crippen LogP contribution in [0.1, 0.15) is 58.1 Å². The van der Waals surface area contributed by atoms with Gasteiger partial charge >= 0.3 is 0 Å². The lowest BCUT2D eigenvalue weighted by molar-refractivity contribution is 0.0661. The average Bonchev–Trinajstić information content (AvgIpc) is 3.17. The third-order valence-electron chi connectivity index (χ3n) is 6.97. The number of piperidine rings is 1. The summed E-state index contributed by atoms with van der Waals surface area (Å²) in [6, 6.07) is 4.44. The number of aromatic amines is 1. The first-order chi connectivity index (χ1) is 16.1. The van der Waals surface area contributed by atoms with Gasteiger partial charge in [-0.25, -0.2) is 0 Å². The molecule has 0 bridgehead atoms. The number of aryl methyl sites for hydroxylation is 2. The molecule has 1 amide bonds. The highest BCUT2D eigenvalue weighted by Gasteiger charge is 2.31. The molecule has 1 atom stereocenters. The Morgan fingerprint density at radius 2 is 1.82 bits per heavy atom. The summed E-state index contributed by atoms with van der Waals surface area (Å²) >= 11 is 0. The van der Waals surface area contributed by atoms with E-state index >= 15 is 0 Å². The van der Waals surface area contributed by atoms with Crippen LogP contribution in [0.3, 0.4) is 0 Å². The number of carbonyl (C=O) groups excluding carboxylic acids is 1. The largest absolute Gasteiger partial charge is 0.451 e. The summed E-state index contributed by atoms with van der Waals surface area (Å²) in [5, 5.41) is 2.93. The smallest absolute Gasteiger partial charge is 0.253 e. The summed E-state index contributed by atoms with van der Waals surface area (Å²) in [5.41, 5.74) is 4.32. The molecule has 1 aromatic carbocycles. The van der Waals surface area contributed by atoms with Gasteiger partial charge in [0.25, 0.3) is 11.5 Å². The summed E-state index contributed by atoms with van der Waals surface area (Å²) in [6.45, 7) is 10.3. The molecule has 184 valence electrons. The standard InChI is InChI=1S/C26H36N4O4/c1-15-11-16(2)28-26(32)22(15)13-27-25(31)21-12-19(24-23(17(21)3)33-18(4)34-24)14-30-9-7-20(8-10-30)29(5)6/h11-12,18,20H,7-10,13-14H2,1-6H3,(H,27,31)(H,28,32). The number of nitrogens with one attached hydrogen (secondary N) is 2. The second kappa shape index (κ2) is 9.80. The van der Waals surface area contributed by atoms with Crippen molar-refractivity contribution < 1.29 is 14.3 Å². The molecular weight excluding hydrogens is 432 g/mol. The van der Waals surface area contributed by atoms with Crippen LogP contribution < -0.4 is 20.3 Å². The molecule has 2 N–H and O–H groups in total. The molecule has 8 nitrogen and oxygen atoms in total. The van der Waals surface area contributed by atoms with Crippen molar-refractivity contribution >= 4 is 5.91 Å². The van der Waals surface area contributed by atoms with Gasteiger partial charge in [-0.2, -0.15) is 0 Å². The maximum atomic E-state index is 13.2. The fourth-order valence-corrected chi connectivity index (χ4v) is 4.97. The summed E-state index contributed by atoms with van der Waals surface area (Å²) in [5.74, 6) is 1.15. The van der Waals surface area contributed by atoms with Gasteiger partial charge in [0.1, 0.15) is 0 Å².